The van der Waals surface area contributed by atoms with Crippen LogP contribution in [0.4, 0.5) is 0 Å². The number of hydrogen-bond acceptors (Lipinski definition) is 5. The zero-order valence-corrected chi connectivity index (χ0v) is 14.1. The molecule has 5 nitrogen and oxygen atoms in total. The molecule has 0 saturated carbocycles. The van der Waals surface area contributed by atoms with Gasteiger partial charge in [0.05, 0.1) is 10.7 Å². The predicted octanol–water partition coefficient (Wildman–Crippen LogP) is 3.33. The number of thiazole rings is 1. The maximum atomic E-state index is 12.9. The molecule has 0 N–H and O–H groups in total. The highest BCUT2D eigenvalue weighted by atomic mass is 32.1. The Morgan fingerprint density at radius 2 is 2.32 bits per heavy atom. The van der Waals surface area contributed by atoms with E-state index in [9.17, 15) is 4.79 Å². The highest BCUT2D eigenvalue weighted by molar-refractivity contribution is 7.11. The Balaban J connectivity index is 1.79. The quantitative estimate of drug-likeness (QED) is 0.870. The maximum Gasteiger partial charge on any atom is 0.259 e. The summed E-state index contributed by atoms with van der Waals surface area (Å²) >= 11 is 1.74. The van der Waals surface area contributed by atoms with Crippen molar-refractivity contribution >= 4 is 17.2 Å². The number of aromatic nitrogens is 2. The molecule has 1 saturated heterocycles. The minimum absolute atomic E-state index is 0.0496. The van der Waals surface area contributed by atoms with Gasteiger partial charge in [-0.05, 0) is 33.1 Å². The van der Waals surface area contributed by atoms with E-state index in [-0.39, 0.29) is 5.91 Å². The minimum Gasteiger partial charge on any atom is -0.361 e. The molecule has 2 aromatic rings. The van der Waals surface area contributed by atoms with Gasteiger partial charge in [-0.15, -0.1) is 11.3 Å². The molecule has 0 aromatic carbocycles. The zero-order chi connectivity index (χ0) is 15.7. The highest BCUT2D eigenvalue weighted by Gasteiger charge is 2.30. The smallest absolute Gasteiger partial charge is 0.259 e. The van der Waals surface area contributed by atoms with Crippen molar-refractivity contribution in [3.05, 3.63) is 33.1 Å². The first-order valence-electron chi connectivity index (χ1n) is 7.77. The Morgan fingerprint density at radius 1 is 1.50 bits per heavy atom. The maximum absolute atomic E-state index is 12.9. The summed E-state index contributed by atoms with van der Waals surface area (Å²) in [5.41, 5.74) is 1.41. The number of aryl methyl sites for hydroxylation is 3. The number of carbonyl (C=O) groups excluding carboxylic acids is 1. The lowest BCUT2D eigenvalue weighted by Crippen LogP contribution is -2.39. The second-order valence-electron chi connectivity index (χ2n) is 5.81. The minimum atomic E-state index is 0.0496. The lowest BCUT2D eigenvalue weighted by atomic mass is 9.97. The van der Waals surface area contributed by atoms with E-state index in [0.29, 0.717) is 23.7 Å². The molecule has 3 heterocycles. The number of rotatable bonds is 3. The van der Waals surface area contributed by atoms with Gasteiger partial charge in [0.2, 0.25) is 0 Å². The summed E-state index contributed by atoms with van der Waals surface area (Å²) in [6.07, 6.45) is 4.74. The molecular formula is C16H21N3O2S. The van der Waals surface area contributed by atoms with Crippen LogP contribution in [0.1, 0.15) is 57.4 Å². The van der Waals surface area contributed by atoms with E-state index in [0.717, 1.165) is 36.6 Å². The third kappa shape index (κ3) is 2.79. The monoisotopic (exact) mass is 319 g/mol. The van der Waals surface area contributed by atoms with Crippen LogP contribution in [0.3, 0.4) is 0 Å². The van der Waals surface area contributed by atoms with Crippen molar-refractivity contribution in [1.29, 1.82) is 0 Å². The lowest BCUT2D eigenvalue weighted by molar-refractivity contribution is 0.0704. The van der Waals surface area contributed by atoms with Crippen LogP contribution in [-0.2, 0) is 6.42 Å². The van der Waals surface area contributed by atoms with Crippen LogP contribution in [0.5, 0.6) is 0 Å². The fourth-order valence-corrected chi connectivity index (χ4v) is 3.92. The molecule has 1 amide bonds. The average Bonchev–Trinajstić information content (AvgIpc) is 3.12. The Labute approximate surface area is 134 Å². The number of carbonyl (C=O) groups is 1. The molecular weight excluding hydrogens is 298 g/mol. The Kier molecular flexibility index (Phi) is 4.29. The van der Waals surface area contributed by atoms with Crippen LogP contribution in [0.15, 0.2) is 10.7 Å². The fraction of sp³-hybridized carbons (Fsp3) is 0.562. The third-order valence-corrected chi connectivity index (χ3v) is 5.25. The topological polar surface area (TPSA) is 59.2 Å². The van der Waals surface area contributed by atoms with Crippen molar-refractivity contribution in [2.75, 3.05) is 13.1 Å². The van der Waals surface area contributed by atoms with Crippen LogP contribution in [-0.4, -0.2) is 34.0 Å². The lowest BCUT2D eigenvalue weighted by Gasteiger charge is -2.31. The van der Waals surface area contributed by atoms with Crippen LogP contribution >= 0.6 is 11.3 Å². The van der Waals surface area contributed by atoms with Gasteiger partial charge in [0, 0.05) is 30.1 Å². The Bertz CT molecular complexity index is 677. The summed E-state index contributed by atoms with van der Waals surface area (Å²) in [6.45, 7) is 7.41. The molecule has 3 rings (SSSR count). The van der Waals surface area contributed by atoms with Crippen molar-refractivity contribution in [3.63, 3.8) is 0 Å². The molecule has 1 fully saturated rings. The van der Waals surface area contributed by atoms with Gasteiger partial charge in [-0.3, -0.25) is 4.79 Å². The summed E-state index contributed by atoms with van der Waals surface area (Å²) in [7, 11) is 0. The summed E-state index contributed by atoms with van der Waals surface area (Å²) < 4.78 is 5.21. The van der Waals surface area contributed by atoms with Crippen molar-refractivity contribution in [3.8, 4) is 0 Å². The summed E-state index contributed by atoms with van der Waals surface area (Å²) in [5, 5.41) is 5.14. The second-order valence-corrected chi connectivity index (χ2v) is 7.08. The van der Waals surface area contributed by atoms with E-state index in [2.05, 4.69) is 17.1 Å². The van der Waals surface area contributed by atoms with Crippen LogP contribution in [0.25, 0.3) is 0 Å². The average molecular weight is 319 g/mol. The van der Waals surface area contributed by atoms with E-state index in [4.69, 9.17) is 4.52 Å². The van der Waals surface area contributed by atoms with Gasteiger partial charge in [0.15, 0.2) is 0 Å². The van der Waals surface area contributed by atoms with Gasteiger partial charge in [-0.1, -0.05) is 12.1 Å². The van der Waals surface area contributed by atoms with Crippen molar-refractivity contribution in [2.24, 2.45) is 0 Å². The van der Waals surface area contributed by atoms with E-state index >= 15 is 0 Å². The van der Waals surface area contributed by atoms with Crippen molar-refractivity contribution < 1.29 is 9.32 Å². The molecule has 2 aromatic heterocycles. The van der Waals surface area contributed by atoms with Crippen molar-refractivity contribution in [2.45, 2.75) is 46.0 Å². The molecule has 1 aliphatic rings. The number of amides is 1. The molecule has 0 radical (unpaired) electrons. The van der Waals surface area contributed by atoms with Crippen LogP contribution in [0, 0.1) is 13.8 Å². The molecule has 1 aliphatic heterocycles. The van der Waals surface area contributed by atoms with Gasteiger partial charge >= 0.3 is 0 Å². The molecule has 1 atom stereocenters. The number of nitrogens with zero attached hydrogens (tertiary/aromatic N) is 3. The van der Waals surface area contributed by atoms with Gasteiger partial charge in [0.25, 0.3) is 5.91 Å². The van der Waals surface area contributed by atoms with Gasteiger partial charge in [-0.25, -0.2) is 4.98 Å². The summed E-state index contributed by atoms with van der Waals surface area (Å²) in [6, 6.07) is 0. The largest absolute Gasteiger partial charge is 0.361 e. The molecule has 118 valence electrons. The number of hydrogen-bond donors (Lipinski definition) is 0. The highest BCUT2D eigenvalue weighted by Crippen LogP contribution is 2.31. The number of piperidine rings is 1. The normalized spacial score (nSPS) is 18.7. The van der Waals surface area contributed by atoms with Crippen LogP contribution in [0.2, 0.25) is 0 Å². The van der Waals surface area contributed by atoms with E-state index in [1.807, 2.05) is 24.9 Å². The summed E-state index contributed by atoms with van der Waals surface area (Å²) in [5.74, 6) is 1.02. The fourth-order valence-electron chi connectivity index (χ4n) is 3.02. The molecule has 0 spiro atoms. The predicted molar refractivity (Wildman–Crippen MR) is 85.3 cm³/mol. The Morgan fingerprint density at radius 3 is 3.00 bits per heavy atom. The van der Waals surface area contributed by atoms with Gasteiger partial charge in [0.1, 0.15) is 11.3 Å². The molecule has 22 heavy (non-hydrogen) atoms. The molecule has 0 bridgehead atoms. The standard InChI is InChI=1S/C16H21N3O2S/c1-4-13-14(11(3)21-18-13)16(20)19-7-5-6-12(9-19)15-17-8-10(2)22-15/h8,12H,4-7,9H2,1-3H3/t12-/m0/s1. The molecule has 0 aliphatic carbocycles. The Hall–Kier alpha value is -1.69. The second kappa shape index (κ2) is 6.20. The van der Waals surface area contributed by atoms with E-state index < -0.39 is 0 Å². The SMILES string of the molecule is CCc1noc(C)c1C(=O)N1CCC[C@H](c2ncc(C)s2)C1. The van der Waals surface area contributed by atoms with E-state index in [1.165, 1.54) is 4.88 Å². The van der Waals surface area contributed by atoms with Crippen LogP contribution < -0.4 is 0 Å². The third-order valence-electron chi connectivity index (χ3n) is 4.18. The summed E-state index contributed by atoms with van der Waals surface area (Å²) in [4.78, 5) is 20.5. The van der Waals surface area contributed by atoms with E-state index in [1.54, 1.807) is 11.3 Å². The number of likely N-dealkylation sites (tertiary alicyclic amines) is 1. The first-order valence-corrected chi connectivity index (χ1v) is 8.58. The van der Waals surface area contributed by atoms with Gasteiger partial charge < -0.3 is 9.42 Å². The zero-order valence-electron chi connectivity index (χ0n) is 13.3. The van der Waals surface area contributed by atoms with Gasteiger partial charge in [-0.2, -0.15) is 0 Å². The van der Waals surface area contributed by atoms with Crippen molar-refractivity contribution in [1.82, 2.24) is 15.0 Å². The first-order chi connectivity index (χ1) is 10.6. The molecule has 6 heteroatoms. The molecule has 0 unspecified atom stereocenters. The first kappa shape index (κ1) is 15.2.